The highest BCUT2D eigenvalue weighted by Gasteiger charge is 2.24. The van der Waals surface area contributed by atoms with E-state index in [-0.39, 0.29) is 5.76 Å². The van der Waals surface area contributed by atoms with E-state index in [0.29, 0.717) is 21.3 Å². The normalized spacial score (nSPS) is 11.6. The van der Waals surface area contributed by atoms with E-state index in [9.17, 15) is 5.11 Å². The minimum atomic E-state index is 0.0815. The summed E-state index contributed by atoms with van der Waals surface area (Å²) in [5, 5.41) is 15.2. The maximum atomic E-state index is 11.3. The number of aromatic nitrogens is 1. The molecule has 0 radical (unpaired) electrons. The fourth-order valence-electron chi connectivity index (χ4n) is 3.41. The van der Waals surface area contributed by atoms with Crippen LogP contribution < -0.4 is 9.88 Å². The number of rotatable bonds is 5. The van der Waals surface area contributed by atoms with E-state index in [1.807, 2.05) is 98.2 Å². The van der Waals surface area contributed by atoms with Crippen molar-refractivity contribution in [2.24, 2.45) is 0 Å². The van der Waals surface area contributed by atoms with Crippen LogP contribution in [0.15, 0.2) is 103 Å². The molecule has 1 aromatic heterocycles. The molecule has 0 aliphatic carbocycles. The van der Waals surface area contributed by atoms with Crippen molar-refractivity contribution in [3.8, 4) is 11.1 Å². The van der Waals surface area contributed by atoms with E-state index in [1.54, 1.807) is 4.57 Å². The predicted octanol–water partition coefficient (Wildman–Crippen LogP) is 6.93. The Balaban J connectivity index is 1.74. The minimum Gasteiger partial charge on any atom is -0.502 e. The van der Waals surface area contributed by atoms with Crippen LogP contribution in [0.25, 0.3) is 22.6 Å². The van der Waals surface area contributed by atoms with Gasteiger partial charge in [0.15, 0.2) is 23.1 Å². The van der Waals surface area contributed by atoms with Gasteiger partial charge in [-0.25, -0.2) is 0 Å². The van der Waals surface area contributed by atoms with Crippen LogP contribution in [-0.2, 0) is 0 Å². The molecule has 0 aliphatic heterocycles. The minimum absolute atomic E-state index is 0.0815. The molecule has 0 fully saturated rings. The number of aliphatic hydroxyl groups excluding tert-OH is 1. The number of hydrogen-bond donors (Lipinski definition) is 2. The maximum Gasteiger partial charge on any atom is 0.288 e. The summed E-state index contributed by atoms with van der Waals surface area (Å²) < 4.78 is 1.80. The lowest BCUT2D eigenvalue weighted by atomic mass is 10.0. The highest BCUT2D eigenvalue weighted by atomic mass is 35.5. The van der Waals surface area contributed by atoms with Crippen molar-refractivity contribution in [1.29, 1.82) is 0 Å². The Labute approximate surface area is 198 Å². The Morgan fingerprint density at radius 2 is 1.44 bits per heavy atom. The molecule has 158 valence electrons. The van der Waals surface area contributed by atoms with Gasteiger partial charge in [-0.15, -0.1) is 0 Å². The second-order valence-electron chi connectivity index (χ2n) is 7.29. The van der Waals surface area contributed by atoms with Crippen LogP contribution >= 0.6 is 23.8 Å². The van der Waals surface area contributed by atoms with Gasteiger partial charge in [-0.2, -0.15) is 4.57 Å². The number of halogens is 1. The number of thiocarbonyl (C=S) groups is 1. The molecule has 0 atom stereocenters. The van der Waals surface area contributed by atoms with Gasteiger partial charge in [0.25, 0.3) is 5.70 Å². The third kappa shape index (κ3) is 4.72. The second-order valence-corrected chi connectivity index (χ2v) is 8.11. The molecule has 0 bridgehead atoms. The fraction of sp³-hybridized carbons (Fsp3) is 0.0370. The molecule has 1 heterocycles. The quantitative estimate of drug-likeness (QED) is 0.148. The Hall–Kier alpha value is -3.47. The van der Waals surface area contributed by atoms with Crippen molar-refractivity contribution in [2.45, 2.75) is 6.92 Å². The van der Waals surface area contributed by atoms with Crippen LogP contribution in [-0.4, -0.2) is 10.1 Å². The van der Waals surface area contributed by atoms with Crippen LogP contribution in [0, 0.1) is 6.92 Å². The van der Waals surface area contributed by atoms with Gasteiger partial charge in [-0.1, -0.05) is 90.5 Å². The molecule has 0 aliphatic rings. The summed E-state index contributed by atoms with van der Waals surface area (Å²) >= 11 is 12.0. The lowest BCUT2D eigenvalue weighted by Gasteiger charge is -2.13. The van der Waals surface area contributed by atoms with Gasteiger partial charge in [0, 0.05) is 28.4 Å². The Kier molecular flexibility index (Phi) is 6.64. The molecular formula is C27H22ClN2OS+. The SMILES string of the molecule is Cc1c(Cl)cccc1NC(=S)C(=C(O)c1ccc(-c2ccccc2)cc1)[n+]1ccccc1. The largest absolute Gasteiger partial charge is 0.502 e. The summed E-state index contributed by atoms with van der Waals surface area (Å²) in [4.78, 5) is 0.385. The second kappa shape index (κ2) is 9.77. The topological polar surface area (TPSA) is 36.1 Å². The van der Waals surface area contributed by atoms with Crippen molar-refractivity contribution in [3.63, 3.8) is 0 Å². The first kappa shape index (κ1) is 21.8. The van der Waals surface area contributed by atoms with E-state index in [1.165, 1.54) is 0 Å². The maximum absolute atomic E-state index is 11.3. The number of benzene rings is 3. The summed E-state index contributed by atoms with van der Waals surface area (Å²) in [6.07, 6.45) is 3.70. The van der Waals surface area contributed by atoms with Crippen molar-refractivity contribution >= 4 is 46.0 Å². The Bertz CT molecular complexity index is 1270. The first-order chi connectivity index (χ1) is 15.5. The molecular weight excluding hydrogens is 436 g/mol. The molecule has 0 spiro atoms. The zero-order chi connectivity index (χ0) is 22.5. The molecule has 0 unspecified atom stereocenters. The van der Waals surface area contributed by atoms with Crippen LogP contribution in [0.2, 0.25) is 5.02 Å². The van der Waals surface area contributed by atoms with Crippen molar-refractivity contribution in [3.05, 3.63) is 120 Å². The number of hydrogen-bond acceptors (Lipinski definition) is 2. The number of anilines is 1. The standard InChI is InChI=1S/C27H21ClN2OS/c1-19-23(28)11-8-12-24(19)29-27(32)25(30-17-6-3-7-18-30)26(31)22-15-13-21(14-16-22)20-9-4-2-5-10-20/h2-18H,1H3,(H-,29,31,32)/p+1. The number of aliphatic hydroxyl groups is 1. The summed E-state index contributed by atoms with van der Waals surface area (Å²) in [7, 11) is 0. The number of pyridine rings is 1. The highest BCUT2D eigenvalue weighted by Crippen LogP contribution is 2.26. The number of nitrogens with zero attached hydrogens (tertiary/aromatic N) is 1. The average Bonchev–Trinajstić information content (AvgIpc) is 2.83. The van der Waals surface area contributed by atoms with Gasteiger partial charge < -0.3 is 10.4 Å². The van der Waals surface area contributed by atoms with E-state index in [0.717, 1.165) is 22.4 Å². The Morgan fingerprint density at radius 1 is 0.812 bits per heavy atom. The summed E-state index contributed by atoms with van der Waals surface area (Å²) in [5.74, 6) is 0.0815. The molecule has 3 aromatic carbocycles. The molecule has 0 saturated carbocycles. The van der Waals surface area contributed by atoms with Gasteiger partial charge in [-0.05, 0) is 35.7 Å². The fourth-order valence-corrected chi connectivity index (χ4v) is 3.89. The lowest BCUT2D eigenvalue weighted by molar-refractivity contribution is -0.575. The van der Waals surface area contributed by atoms with Crippen molar-refractivity contribution in [1.82, 2.24) is 0 Å². The molecule has 5 heteroatoms. The van der Waals surface area contributed by atoms with Gasteiger partial charge in [0.2, 0.25) is 0 Å². The third-order valence-electron chi connectivity index (χ3n) is 5.19. The molecule has 4 aromatic rings. The van der Waals surface area contributed by atoms with Gasteiger partial charge >= 0.3 is 0 Å². The van der Waals surface area contributed by atoms with Crippen LogP contribution in [0.5, 0.6) is 0 Å². The average molecular weight is 458 g/mol. The molecule has 2 N–H and O–H groups in total. The first-order valence-electron chi connectivity index (χ1n) is 10.2. The third-order valence-corrected chi connectivity index (χ3v) is 5.90. The van der Waals surface area contributed by atoms with Crippen molar-refractivity contribution in [2.75, 3.05) is 5.32 Å². The molecule has 32 heavy (non-hydrogen) atoms. The van der Waals surface area contributed by atoms with E-state index < -0.39 is 0 Å². The van der Waals surface area contributed by atoms with E-state index >= 15 is 0 Å². The lowest BCUT2D eigenvalue weighted by Crippen LogP contribution is -2.38. The summed E-state index contributed by atoms with van der Waals surface area (Å²) in [6, 6.07) is 29.2. The Morgan fingerprint density at radius 3 is 2.12 bits per heavy atom. The van der Waals surface area contributed by atoms with Gasteiger partial charge in [0.1, 0.15) is 0 Å². The summed E-state index contributed by atoms with van der Waals surface area (Å²) in [6.45, 7) is 1.93. The molecule has 4 rings (SSSR count). The van der Waals surface area contributed by atoms with E-state index in [4.69, 9.17) is 23.8 Å². The zero-order valence-electron chi connectivity index (χ0n) is 17.5. The van der Waals surface area contributed by atoms with Crippen molar-refractivity contribution < 1.29 is 9.67 Å². The predicted molar refractivity (Wildman–Crippen MR) is 137 cm³/mol. The number of nitrogens with one attached hydrogen (secondary N) is 1. The molecule has 3 nitrogen and oxygen atoms in total. The summed E-state index contributed by atoms with van der Waals surface area (Å²) in [5.41, 5.74) is 5.03. The van der Waals surface area contributed by atoms with E-state index in [2.05, 4.69) is 17.4 Å². The molecule has 0 saturated heterocycles. The molecule has 0 amide bonds. The zero-order valence-corrected chi connectivity index (χ0v) is 19.1. The highest BCUT2D eigenvalue weighted by molar-refractivity contribution is 7.81. The van der Waals surface area contributed by atoms with Gasteiger partial charge in [0.05, 0.1) is 0 Å². The van der Waals surface area contributed by atoms with Gasteiger partial charge in [-0.3, -0.25) is 0 Å². The van der Waals surface area contributed by atoms with Crippen LogP contribution in [0.1, 0.15) is 11.1 Å². The van der Waals surface area contributed by atoms with Crippen LogP contribution in [0.3, 0.4) is 0 Å². The van der Waals surface area contributed by atoms with Crippen LogP contribution in [0.4, 0.5) is 5.69 Å². The first-order valence-corrected chi connectivity index (χ1v) is 11.0. The monoisotopic (exact) mass is 457 g/mol. The smallest absolute Gasteiger partial charge is 0.288 e.